The van der Waals surface area contributed by atoms with Crippen LogP contribution in [-0.2, 0) is 0 Å². The fourth-order valence-electron chi connectivity index (χ4n) is 2.80. The zero-order valence-electron chi connectivity index (χ0n) is 11.7. The molecule has 0 N–H and O–H groups in total. The number of benzene rings is 1. The predicted molar refractivity (Wildman–Crippen MR) is 78.7 cm³/mol. The molecular formula is C18H14O. The Balaban J connectivity index is 0.000000581. The molecule has 0 fully saturated rings. The number of hydrogen-bond donors (Lipinski definition) is 0. The van der Waals surface area contributed by atoms with Crippen LogP contribution in [0, 0.1) is 0 Å². The molecule has 0 aromatic heterocycles. The third-order valence-electron chi connectivity index (χ3n) is 3.60. The van der Waals surface area contributed by atoms with Crippen molar-refractivity contribution in [2.75, 3.05) is 0 Å². The molecule has 92 valence electrons. The van der Waals surface area contributed by atoms with Crippen molar-refractivity contribution in [1.82, 2.24) is 0 Å². The molecule has 0 atom stereocenters. The van der Waals surface area contributed by atoms with Crippen molar-refractivity contribution in [1.29, 1.82) is 0 Å². The Hall–Kier alpha value is -2.41. The highest BCUT2D eigenvalue weighted by Gasteiger charge is 2.31. The van der Waals surface area contributed by atoms with E-state index in [0.717, 1.165) is 33.4 Å². The number of rotatable bonds is 0. The van der Waals surface area contributed by atoms with Crippen LogP contribution in [0.5, 0.6) is 0 Å². The van der Waals surface area contributed by atoms with Crippen LogP contribution in [0.3, 0.4) is 0 Å². The molecule has 1 aromatic rings. The van der Waals surface area contributed by atoms with Crippen LogP contribution in [-0.4, -0.2) is 5.78 Å². The molecule has 0 radical (unpaired) electrons. The minimum Gasteiger partial charge on any atom is -0.289 e. The number of carbonyl (C=O) groups is 1. The maximum absolute atomic E-state index is 12.5. The summed E-state index contributed by atoms with van der Waals surface area (Å²) in [6, 6.07) is 20.0. The summed E-state index contributed by atoms with van der Waals surface area (Å²) in [5.74, 6) is 0.154. The van der Waals surface area contributed by atoms with Gasteiger partial charge in [0.2, 0.25) is 0 Å². The first-order valence-corrected chi connectivity index (χ1v) is 6.02. The zero-order valence-corrected chi connectivity index (χ0v) is 10.7. The standard InChI is InChI=1S/C17H10O.CH4/c18-17-14-9-5-4-8-13(14)15-10-11-6-2-1-3-7-12(11)16(15)17;/h1-10H;1H4/i;1D. The number of carbonyl (C=O) groups excluding carboxylic acids is 1. The van der Waals surface area contributed by atoms with Gasteiger partial charge in [0.25, 0.3) is 0 Å². The fraction of sp³-hybridized carbons (Fsp3) is 0.0556. The van der Waals surface area contributed by atoms with Crippen LogP contribution in [0.4, 0.5) is 0 Å². The van der Waals surface area contributed by atoms with Crippen LogP contribution >= 0.6 is 0 Å². The molecule has 1 heteroatoms. The quantitative estimate of drug-likeness (QED) is 0.442. The van der Waals surface area contributed by atoms with Crippen LogP contribution in [0.2, 0.25) is 0 Å². The van der Waals surface area contributed by atoms with Crippen LogP contribution in [0.1, 0.15) is 24.7 Å². The summed E-state index contributed by atoms with van der Waals surface area (Å²) < 4.78 is 5.75. The van der Waals surface area contributed by atoms with Gasteiger partial charge in [-0.15, -0.1) is 0 Å². The highest BCUT2D eigenvalue weighted by molar-refractivity contribution is 6.26. The molecule has 0 heterocycles. The number of ketones is 1. The summed E-state index contributed by atoms with van der Waals surface area (Å²) in [6.07, 6.45) is 0. The number of hydrogen-bond acceptors (Lipinski definition) is 1. The lowest BCUT2D eigenvalue weighted by molar-refractivity contribution is 0.104. The van der Waals surface area contributed by atoms with Gasteiger partial charge < -0.3 is 0 Å². The molecule has 0 saturated carbocycles. The molecular weight excluding hydrogens is 232 g/mol. The van der Waals surface area contributed by atoms with E-state index in [4.69, 9.17) is 1.37 Å². The Kier molecular flexibility index (Phi) is 2.25. The summed E-state index contributed by atoms with van der Waals surface area (Å²) in [4.78, 5) is 12.5. The molecule has 3 aliphatic rings. The van der Waals surface area contributed by atoms with Crippen molar-refractivity contribution in [3.63, 3.8) is 0 Å². The van der Waals surface area contributed by atoms with Crippen molar-refractivity contribution < 1.29 is 6.17 Å². The Morgan fingerprint density at radius 3 is 2.21 bits per heavy atom. The van der Waals surface area contributed by atoms with E-state index in [9.17, 15) is 4.79 Å². The van der Waals surface area contributed by atoms with Crippen LogP contribution < -0.4 is 0 Å². The van der Waals surface area contributed by atoms with Gasteiger partial charge in [0.1, 0.15) is 0 Å². The van der Waals surface area contributed by atoms with Gasteiger partial charge in [0.15, 0.2) is 5.78 Å². The first-order valence-electron chi connectivity index (χ1n) is 7.02. The minimum atomic E-state index is 0.154. The maximum Gasteiger partial charge on any atom is 0.194 e. The van der Waals surface area contributed by atoms with Gasteiger partial charge in [0, 0.05) is 12.5 Å². The molecule has 1 aromatic carbocycles. The third kappa shape index (κ3) is 1.45. The summed E-state index contributed by atoms with van der Waals surface area (Å²) in [5, 5.41) is 0. The van der Waals surface area contributed by atoms with E-state index < -0.39 is 0 Å². The smallest absolute Gasteiger partial charge is 0.194 e. The SMILES string of the molecule is O=C1c2ccccc2-c2cc3cccccc-3c21.[2H]C. The van der Waals surface area contributed by atoms with E-state index >= 15 is 0 Å². The largest absolute Gasteiger partial charge is 0.289 e. The van der Waals surface area contributed by atoms with Gasteiger partial charge in [-0.2, -0.15) is 0 Å². The van der Waals surface area contributed by atoms with E-state index in [1.165, 1.54) is 7.40 Å². The molecule has 0 aliphatic heterocycles. The molecule has 0 bridgehead atoms. The lowest BCUT2D eigenvalue weighted by Gasteiger charge is -1.98. The van der Waals surface area contributed by atoms with Crippen LogP contribution in [0.25, 0.3) is 22.3 Å². The van der Waals surface area contributed by atoms with Crippen molar-refractivity contribution in [2.45, 2.75) is 7.40 Å². The Labute approximate surface area is 114 Å². The van der Waals surface area contributed by atoms with E-state index in [2.05, 4.69) is 12.1 Å². The van der Waals surface area contributed by atoms with Crippen molar-refractivity contribution >= 4 is 5.78 Å². The van der Waals surface area contributed by atoms with Crippen molar-refractivity contribution in [2.24, 2.45) is 0 Å². The highest BCUT2D eigenvalue weighted by atomic mass is 16.1. The van der Waals surface area contributed by atoms with Crippen LogP contribution in [0.15, 0.2) is 60.7 Å². The second-order valence-corrected chi connectivity index (χ2v) is 4.59. The molecule has 0 amide bonds. The summed E-state index contributed by atoms with van der Waals surface area (Å²) in [5.41, 5.74) is 6.02. The first-order chi connectivity index (χ1) is 9.86. The average Bonchev–Trinajstić information content (AvgIpc) is 2.88. The number of fused-ring (bicyclic) bond motifs is 5. The second kappa shape index (κ2) is 4.06. The van der Waals surface area contributed by atoms with E-state index in [-0.39, 0.29) is 5.78 Å². The van der Waals surface area contributed by atoms with Gasteiger partial charge in [-0.05, 0) is 28.3 Å². The minimum absolute atomic E-state index is 0.154. The van der Waals surface area contributed by atoms with Gasteiger partial charge in [-0.25, -0.2) is 0 Å². The predicted octanol–water partition coefficient (Wildman–Crippen LogP) is 4.64. The molecule has 4 rings (SSSR count). The monoisotopic (exact) mass is 247 g/mol. The van der Waals surface area contributed by atoms with Gasteiger partial charge in [-0.1, -0.05) is 62.0 Å². The molecule has 0 saturated heterocycles. The van der Waals surface area contributed by atoms with Gasteiger partial charge in [-0.3, -0.25) is 4.79 Å². The van der Waals surface area contributed by atoms with E-state index in [0.29, 0.717) is 0 Å². The Bertz CT molecular complexity index is 761. The fourth-order valence-corrected chi connectivity index (χ4v) is 2.80. The Morgan fingerprint density at radius 2 is 1.37 bits per heavy atom. The highest BCUT2D eigenvalue weighted by Crippen LogP contribution is 2.44. The molecule has 0 unspecified atom stereocenters. The molecule has 1 nitrogen and oxygen atoms in total. The third-order valence-corrected chi connectivity index (χ3v) is 3.60. The van der Waals surface area contributed by atoms with E-state index in [1.807, 2.05) is 48.5 Å². The average molecular weight is 247 g/mol. The molecule has 19 heavy (non-hydrogen) atoms. The lowest BCUT2D eigenvalue weighted by atomic mass is 10.0. The Morgan fingerprint density at radius 1 is 0.737 bits per heavy atom. The molecule has 3 aliphatic carbocycles. The van der Waals surface area contributed by atoms with E-state index in [1.54, 1.807) is 0 Å². The topological polar surface area (TPSA) is 17.1 Å². The molecule has 0 spiro atoms. The summed E-state index contributed by atoms with van der Waals surface area (Å²) >= 11 is 0. The summed E-state index contributed by atoms with van der Waals surface area (Å²) in [6.45, 7) is 0. The second-order valence-electron chi connectivity index (χ2n) is 4.59. The van der Waals surface area contributed by atoms with Crippen molar-refractivity contribution in [3.8, 4) is 22.3 Å². The maximum atomic E-state index is 12.5. The van der Waals surface area contributed by atoms with Gasteiger partial charge in [0.05, 0.1) is 0 Å². The van der Waals surface area contributed by atoms with Crippen molar-refractivity contribution in [3.05, 3.63) is 71.8 Å². The lowest BCUT2D eigenvalue weighted by Crippen LogP contribution is -1.95. The normalized spacial score (nSPS) is 12.3. The van der Waals surface area contributed by atoms with Gasteiger partial charge >= 0.3 is 0 Å². The zero-order chi connectivity index (χ0) is 14.1. The first kappa shape index (κ1) is 10.5. The summed E-state index contributed by atoms with van der Waals surface area (Å²) in [7, 11) is 1.25.